The molecule has 0 radical (unpaired) electrons. The van der Waals surface area contributed by atoms with Crippen LogP contribution in [0.5, 0.6) is 11.5 Å². The van der Waals surface area contributed by atoms with Crippen molar-refractivity contribution in [3.8, 4) is 11.5 Å². The second-order valence-electron chi connectivity index (χ2n) is 4.41. The quantitative estimate of drug-likeness (QED) is 0.345. The molecule has 20 heavy (non-hydrogen) atoms. The van der Waals surface area contributed by atoms with Gasteiger partial charge in [0.05, 0.1) is 6.04 Å². The first-order valence-corrected chi connectivity index (χ1v) is 6.18. The Morgan fingerprint density at radius 2 is 1.85 bits per heavy atom. The van der Waals surface area contributed by atoms with E-state index in [9.17, 15) is 19.8 Å². The SMILES string of the molecule is CC(=O)NCCNC(=O)[C@@H](N)Cc1ccc(O)c(O)c1. The molecule has 1 aromatic carbocycles. The first kappa shape index (κ1) is 15.8. The predicted molar refractivity (Wildman–Crippen MR) is 73.1 cm³/mol. The summed E-state index contributed by atoms with van der Waals surface area (Å²) < 4.78 is 0. The van der Waals surface area contributed by atoms with Crippen molar-refractivity contribution in [2.24, 2.45) is 5.73 Å². The zero-order chi connectivity index (χ0) is 15.1. The molecule has 0 aliphatic heterocycles. The van der Waals surface area contributed by atoms with Gasteiger partial charge in [0.25, 0.3) is 0 Å². The molecule has 110 valence electrons. The predicted octanol–water partition coefficient (Wildman–Crippen LogP) is -0.780. The Morgan fingerprint density at radius 1 is 1.20 bits per heavy atom. The van der Waals surface area contributed by atoms with Gasteiger partial charge in [-0.15, -0.1) is 0 Å². The number of carbonyl (C=O) groups is 2. The summed E-state index contributed by atoms with van der Waals surface area (Å²) in [6, 6.07) is 3.52. The highest BCUT2D eigenvalue weighted by atomic mass is 16.3. The highest BCUT2D eigenvalue weighted by Crippen LogP contribution is 2.25. The van der Waals surface area contributed by atoms with Gasteiger partial charge in [-0.25, -0.2) is 0 Å². The molecule has 0 saturated carbocycles. The lowest BCUT2D eigenvalue weighted by Crippen LogP contribution is -2.44. The van der Waals surface area contributed by atoms with Crippen LogP contribution in [0, 0.1) is 0 Å². The molecule has 0 aliphatic rings. The van der Waals surface area contributed by atoms with Crippen LogP contribution < -0.4 is 16.4 Å². The number of carbonyl (C=O) groups excluding carboxylic acids is 2. The normalized spacial score (nSPS) is 11.7. The number of nitrogens with two attached hydrogens (primary N) is 1. The van der Waals surface area contributed by atoms with Gasteiger partial charge >= 0.3 is 0 Å². The molecule has 7 nitrogen and oxygen atoms in total. The van der Waals surface area contributed by atoms with E-state index < -0.39 is 6.04 Å². The molecule has 1 rings (SSSR count). The van der Waals surface area contributed by atoms with Gasteiger partial charge in [-0.2, -0.15) is 0 Å². The van der Waals surface area contributed by atoms with Crippen molar-refractivity contribution in [2.75, 3.05) is 13.1 Å². The minimum absolute atomic E-state index is 0.164. The number of rotatable bonds is 6. The summed E-state index contributed by atoms with van der Waals surface area (Å²) in [5.41, 5.74) is 6.38. The van der Waals surface area contributed by atoms with Crippen molar-refractivity contribution in [1.82, 2.24) is 10.6 Å². The fourth-order valence-corrected chi connectivity index (χ4v) is 1.60. The minimum Gasteiger partial charge on any atom is -0.504 e. The summed E-state index contributed by atoms with van der Waals surface area (Å²) in [5, 5.41) is 23.7. The maximum atomic E-state index is 11.7. The standard InChI is InChI=1S/C13H19N3O4/c1-8(17)15-4-5-16-13(20)10(14)6-9-2-3-11(18)12(19)7-9/h2-3,7,10,18-19H,4-6,14H2,1H3,(H,15,17)(H,16,20)/t10-/m0/s1. The van der Waals surface area contributed by atoms with Crippen LogP contribution in [0.2, 0.25) is 0 Å². The average molecular weight is 281 g/mol. The molecule has 0 heterocycles. The van der Waals surface area contributed by atoms with E-state index in [0.29, 0.717) is 18.7 Å². The van der Waals surface area contributed by atoms with Gasteiger partial charge in [0.2, 0.25) is 11.8 Å². The number of hydrogen-bond donors (Lipinski definition) is 5. The molecule has 0 fully saturated rings. The maximum absolute atomic E-state index is 11.7. The van der Waals surface area contributed by atoms with Crippen LogP contribution in [0.25, 0.3) is 0 Å². The van der Waals surface area contributed by atoms with Crippen molar-refractivity contribution in [3.05, 3.63) is 23.8 Å². The zero-order valence-electron chi connectivity index (χ0n) is 11.2. The maximum Gasteiger partial charge on any atom is 0.237 e. The Bertz CT molecular complexity index is 491. The van der Waals surface area contributed by atoms with E-state index in [1.54, 1.807) is 6.07 Å². The second-order valence-corrected chi connectivity index (χ2v) is 4.41. The highest BCUT2D eigenvalue weighted by molar-refractivity contribution is 5.81. The molecule has 6 N–H and O–H groups in total. The summed E-state index contributed by atoms with van der Waals surface area (Å²) in [6.45, 7) is 2.03. The van der Waals surface area contributed by atoms with Gasteiger partial charge in [-0.05, 0) is 24.1 Å². The molecule has 0 unspecified atom stereocenters. The third-order valence-corrected chi connectivity index (χ3v) is 2.63. The minimum atomic E-state index is -0.767. The summed E-state index contributed by atoms with van der Waals surface area (Å²) in [7, 11) is 0. The van der Waals surface area contributed by atoms with Crippen LogP contribution in [0.3, 0.4) is 0 Å². The monoisotopic (exact) mass is 281 g/mol. The Balaban J connectivity index is 2.41. The Labute approximate surface area is 116 Å². The molecule has 0 spiro atoms. The topological polar surface area (TPSA) is 125 Å². The average Bonchev–Trinajstić information content (AvgIpc) is 2.38. The van der Waals surface area contributed by atoms with Crippen LogP contribution in [-0.4, -0.2) is 41.2 Å². The van der Waals surface area contributed by atoms with Crippen molar-refractivity contribution in [2.45, 2.75) is 19.4 Å². The van der Waals surface area contributed by atoms with Crippen LogP contribution >= 0.6 is 0 Å². The number of amides is 2. The number of phenols is 2. The fraction of sp³-hybridized carbons (Fsp3) is 0.385. The van der Waals surface area contributed by atoms with E-state index in [1.807, 2.05) is 0 Å². The highest BCUT2D eigenvalue weighted by Gasteiger charge is 2.14. The van der Waals surface area contributed by atoms with E-state index >= 15 is 0 Å². The van der Waals surface area contributed by atoms with Crippen LogP contribution in [-0.2, 0) is 16.0 Å². The van der Waals surface area contributed by atoms with Gasteiger partial charge in [-0.3, -0.25) is 9.59 Å². The molecule has 0 bridgehead atoms. The van der Waals surface area contributed by atoms with Gasteiger partial charge in [0.15, 0.2) is 11.5 Å². The molecule has 0 aromatic heterocycles. The van der Waals surface area contributed by atoms with Crippen LogP contribution in [0.1, 0.15) is 12.5 Å². The van der Waals surface area contributed by atoms with Gasteiger partial charge < -0.3 is 26.6 Å². The smallest absolute Gasteiger partial charge is 0.237 e. The Hall–Kier alpha value is -2.28. The number of phenolic OH excluding ortho intramolecular Hbond substituents is 2. The van der Waals surface area contributed by atoms with E-state index in [4.69, 9.17) is 5.73 Å². The molecule has 0 aliphatic carbocycles. The third kappa shape index (κ3) is 5.15. The Morgan fingerprint density at radius 3 is 2.45 bits per heavy atom. The van der Waals surface area contributed by atoms with Crippen molar-refractivity contribution in [1.29, 1.82) is 0 Å². The number of nitrogens with one attached hydrogen (secondary N) is 2. The molecule has 2 amide bonds. The number of benzene rings is 1. The molecular weight excluding hydrogens is 262 g/mol. The molecule has 0 saturated heterocycles. The van der Waals surface area contributed by atoms with Gasteiger partial charge in [0, 0.05) is 20.0 Å². The van der Waals surface area contributed by atoms with Crippen molar-refractivity contribution >= 4 is 11.8 Å². The summed E-state index contributed by atoms with van der Waals surface area (Å²) in [6.07, 6.45) is 0.236. The molecule has 1 aromatic rings. The summed E-state index contributed by atoms with van der Waals surface area (Å²) >= 11 is 0. The zero-order valence-corrected chi connectivity index (χ0v) is 11.2. The second kappa shape index (κ2) is 7.34. The molecule has 7 heteroatoms. The first-order chi connectivity index (χ1) is 9.40. The summed E-state index contributed by atoms with van der Waals surface area (Å²) in [4.78, 5) is 22.3. The van der Waals surface area contributed by atoms with Crippen molar-refractivity contribution < 1.29 is 19.8 Å². The molecule has 1 atom stereocenters. The van der Waals surface area contributed by atoms with Gasteiger partial charge in [-0.1, -0.05) is 6.07 Å². The van der Waals surface area contributed by atoms with Crippen molar-refractivity contribution in [3.63, 3.8) is 0 Å². The third-order valence-electron chi connectivity index (χ3n) is 2.63. The lowest BCUT2D eigenvalue weighted by molar-refractivity contribution is -0.123. The van der Waals surface area contributed by atoms with E-state index in [2.05, 4.69) is 10.6 Å². The van der Waals surface area contributed by atoms with Crippen LogP contribution in [0.4, 0.5) is 0 Å². The lowest BCUT2D eigenvalue weighted by atomic mass is 10.1. The van der Waals surface area contributed by atoms with E-state index in [0.717, 1.165) is 0 Å². The van der Waals surface area contributed by atoms with Gasteiger partial charge in [0.1, 0.15) is 0 Å². The number of hydrogen-bond acceptors (Lipinski definition) is 5. The van der Waals surface area contributed by atoms with E-state index in [1.165, 1.54) is 19.1 Å². The fourth-order valence-electron chi connectivity index (χ4n) is 1.60. The Kier molecular flexibility index (Phi) is 5.79. The largest absolute Gasteiger partial charge is 0.504 e. The first-order valence-electron chi connectivity index (χ1n) is 6.18. The van der Waals surface area contributed by atoms with E-state index in [-0.39, 0.29) is 29.7 Å². The number of aromatic hydroxyl groups is 2. The van der Waals surface area contributed by atoms with Crippen LogP contribution in [0.15, 0.2) is 18.2 Å². The molecular formula is C13H19N3O4. The lowest BCUT2D eigenvalue weighted by Gasteiger charge is -2.13. The summed E-state index contributed by atoms with van der Waals surface area (Å²) in [5.74, 6) is -0.978.